The number of nitrogens with zero attached hydrogens (tertiary/aromatic N) is 1. The van der Waals surface area contributed by atoms with Gasteiger partial charge in [0.2, 0.25) is 5.91 Å². The number of hydrogen-bond acceptors (Lipinski definition) is 3. The lowest BCUT2D eigenvalue weighted by Crippen LogP contribution is -2.47. The topological polar surface area (TPSA) is 66.6 Å². The first kappa shape index (κ1) is 18.4. The molecule has 0 bridgehead atoms. The van der Waals surface area contributed by atoms with Crippen LogP contribution in [0.2, 0.25) is 0 Å². The van der Waals surface area contributed by atoms with Crippen molar-refractivity contribution in [3.05, 3.63) is 0 Å². The zero-order chi connectivity index (χ0) is 14.7. The van der Waals surface area contributed by atoms with Crippen LogP contribution in [0.25, 0.3) is 0 Å². The van der Waals surface area contributed by atoms with E-state index in [0.29, 0.717) is 6.54 Å². The average Bonchev–Trinajstić information content (AvgIpc) is 2.42. The minimum absolute atomic E-state index is 0.197. The Morgan fingerprint density at radius 1 is 1.16 bits per heavy atom. The maximum atomic E-state index is 12.6. The van der Waals surface area contributed by atoms with E-state index in [1.165, 1.54) is 0 Å². The molecule has 3 N–H and O–H groups in total. The Kier molecular flexibility index (Phi) is 9.88. The van der Waals surface area contributed by atoms with E-state index in [1.54, 1.807) is 0 Å². The van der Waals surface area contributed by atoms with Crippen molar-refractivity contribution in [2.24, 2.45) is 11.1 Å². The Morgan fingerprint density at radius 3 is 2.16 bits per heavy atom. The number of rotatable bonds is 11. The van der Waals surface area contributed by atoms with Crippen LogP contribution in [0.3, 0.4) is 0 Å². The molecule has 0 heterocycles. The largest absolute Gasteiger partial charge is 0.396 e. The minimum atomic E-state index is -0.366. The van der Waals surface area contributed by atoms with Crippen molar-refractivity contribution >= 4 is 5.91 Å². The maximum absolute atomic E-state index is 12.6. The molecule has 0 aromatic carbocycles. The second kappa shape index (κ2) is 10.2. The highest BCUT2D eigenvalue weighted by Crippen LogP contribution is 2.31. The SMILES string of the molecule is CCCC(CN)(CCC)C(=O)N(C)CCCCCO. The van der Waals surface area contributed by atoms with E-state index in [1.807, 2.05) is 11.9 Å². The van der Waals surface area contributed by atoms with Crippen molar-refractivity contribution in [1.82, 2.24) is 4.90 Å². The number of aliphatic hydroxyl groups excluding tert-OH is 1. The third-order valence-corrected chi connectivity index (χ3v) is 3.80. The second-order valence-corrected chi connectivity index (χ2v) is 5.50. The summed E-state index contributed by atoms with van der Waals surface area (Å²) >= 11 is 0. The fourth-order valence-corrected chi connectivity index (χ4v) is 2.73. The van der Waals surface area contributed by atoms with Crippen LogP contribution in [-0.2, 0) is 4.79 Å². The molecule has 0 rings (SSSR count). The van der Waals surface area contributed by atoms with Crippen LogP contribution in [-0.4, -0.2) is 42.7 Å². The summed E-state index contributed by atoms with van der Waals surface area (Å²) in [6.45, 7) is 5.64. The summed E-state index contributed by atoms with van der Waals surface area (Å²) in [6, 6.07) is 0. The Labute approximate surface area is 118 Å². The Hall–Kier alpha value is -0.610. The fourth-order valence-electron chi connectivity index (χ4n) is 2.73. The molecule has 0 atom stereocenters. The van der Waals surface area contributed by atoms with Gasteiger partial charge < -0.3 is 15.7 Å². The van der Waals surface area contributed by atoms with Crippen LogP contribution >= 0.6 is 0 Å². The lowest BCUT2D eigenvalue weighted by molar-refractivity contribution is -0.141. The van der Waals surface area contributed by atoms with Gasteiger partial charge in [-0.3, -0.25) is 4.79 Å². The first-order chi connectivity index (χ1) is 9.07. The fraction of sp³-hybridized carbons (Fsp3) is 0.933. The van der Waals surface area contributed by atoms with E-state index in [4.69, 9.17) is 10.8 Å². The van der Waals surface area contributed by atoms with Gasteiger partial charge in [0, 0.05) is 26.7 Å². The van der Waals surface area contributed by atoms with Crippen LogP contribution in [0.15, 0.2) is 0 Å². The van der Waals surface area contributed by atoms with Gasteiger partial charge in [-0.2, -0.15) is 0 Å². The second-order valence-electron chi connectivity index (χ2n) is 5.50. The summed E-state index contributed by atoms with van der Waals surface area (Å²) < 4.78 is 0. The Balaban J connectivity index is 4.51. The molecule has 0 saturated heterocycles. The van der Waals surface area contributed by atoms with Gasteiger partial charge in [0.05, 0.1) is 5.41 Å². The maximum Gasteiger partial charge on any atom is 0.229 e. The van der Waals surface area contributed by atoms with Crippen molar-refractivity contribution in [2.45, 2.75) is 58.8 Å². The summed E-state index contributed by atoms with van der Waals surface area (Å²) in [6.07, 6.45) is 6.44. The third-order valence-electron chi connectivity index (χ3n) is 3.80. The molecule has 0 fully saturated rings. The highest BCUT2D eigenvalue weighted by molar-refractivity contribution is 5.82. The molecule has 0 aliphatic heterocycles. The molecular weight excluding hydrogens is 240 g/mol. The first-order valence-electron chi connectivity index (χ1n) is 7.64. The molecule has 0 unspecified atom stereocenters. The van der Waals surface area contributed by atoms with Gasteiger partial charge >= 0.3 is 0 Å². The summed E-state index contributed by atoms with van der Waals surface area (Å²) in [4.78, 5) is 14.5. The van der Waals surface area contributed by atoms with E-state index in [-0.39, 0.29) is 17.9 Å². The smallest absolute Gasteiger partial charge is 0.229 e. The van der Waals surface area contributed by atoms with Gasteiger partial charge in [-0.25, -0.2) is 0 Å². The molecule has 0 spiro atoms. The van der Waals surface area contributed by atoms with Crippen molar-refractivity contribution in [2.75, 3.05) is 26.7 Å². The lowest BCUT2D eigenvalue weighted by Gasteiger charge is -2.35. The van der Waals surface area contributed by atoms with Gasteiger partial charge in [0.15, 0.2) is 0 Å². The summed E-state index contributed by atoms with van der Waals surface area (Å²) in [5, 5.41) is 8.75. The van der Waals surface area contributed by atoms with Crippen LogP contribution in [0, 0.1) is 5.41 Å². The molecule has 4 nitrogen and oxygen atoms in total. The van der Waals surface area contributed by atoms with Gasteiger partial charge in [-0.15, -0.1) is 0 Å². The molecule has 114 valence electrons. The highest BCUT2D eigenvalue weighted by atomic mass is 16.2. The molecule has 1 amide bonds. The van der Waals surface area contributed by atoms with Crippen LogP contribution in [0.5, 0.6) is 0 Å². The monoisotopic (exact) mass is 272 g/mol. The summed E-state index contributed by atoms with van der Waals surface area (Å²) in [7, 11) is 1.87. The van der Waals surface area contributed by atoms with Crippen molar-refractivity contribution in [3.63, 3.8) is 0 Å². The molecule has 0 aliphatic rings. The predicted molar refractivity (Wildman–Crippen MR) is 79.9 cm³/mol. The summed E-state index contributed by atoms with van der Waals surface area (Å²) in [5.41, 5.74) is 5.55. The van der Waals surface area contributed by atoms with Crippen molar-refractivity contribution in [1.29, 1.82) is 0 Å². The first-order valence-corrected chi connectivity index (χ1v) is 7.64. The number of carbonyl (C=O) groups excluding carboxylic acids is 1. The minimum Gasteiger partial charge on any atom is -0.396 e. The van der Waals surface area contributed by atoms with E-state index < -0.39 is 0 Å². The zero-order valence-corrected chi connectivity index (χ0v) is 13.0. The molecule has 0 aliphatic carbocycles. The number of amides is 1. The average molecular weight is 272 g/mol. The van der Waals surface area contributed by atoms with Crippen molar-refractivity contribution in [3.8, 4) is 0 Å². The van der Waals surface area contributed by atoms with Crippen LogP contribution in [0.1, 0.15) is 58.8 Å². The number of nitrogens with two attached hydrogens (primary N) is 1. The van der Waals surface area contributed by atoms with E-state index in [2.05, 4.69) is 13.8 Å². The lowest BCUT2D eigenvalue weighted by atomic mass is 9.78. The van der Waals surface area contributed by atoms with E-state index >= 15 is 0 Å². The molecule has 0 radical (unpaired) electrons. The number of hydrogen-bond donors (Lipinski definition) is 2. The van der Waals surface area contributed by atoms with E-state index in [9.17, 15) is 4.79 Å². The molecule has 0 aromatic heterocycles. The molecular formula is C15H32N2O2. The normalized spacial score (nSPS) is 11.6. The van der Waals surface area contributed by atoms with Gasteiger partial charge in [0.25, 0.3) is 0 Å². The zero-order valence-electron chi connectivity index (χ0n) is 13.0. The van der Waals surface area contributed by atoms with Crippen molar-refractivity contribution < 1.29 is 9.90 Å². The Morgan fingerprint density at radius 2 is 1.74 bits per heavy atom. The third kappa shape index (κ3) is 5.91. The Bertz CT molecular complexity index is 238. The quantitative estimate of drug-likeness (QED) is 0.566. The molecule has 19 heavy (non-hydrogen) atoms. The van der Waals surface area contributed by atoms with Gasteiger partial charge in [-0.05, 0) is 32.1 Å². The molecule has 0 aromatic rings. The van der Waals surface area contributed by atoms with Gasteiger partial charge in [0.1, 0.15) is 0 Å². The number of unbranched alkanes of at least 4 members (excludes halogenated alkanes) is 2. The standard InChI is InChI=1S/C15H32N2O2/c1-4-9-15(13-16,10-5-2)14(19)17(3)11-7-6-8-12-18/h18H,4-13,16H2,1-3H3. The molecule has 0 saturated carbocycles. The highest BCUT2D eigenvalue weighted by Gasteiger charge is 2.37. The molecule has 4 heteroatoms. The van der Waals surface area contributed by atoms with Crippen LogP contribution in [0.4, 0.5) is 0 Å². The number of aliphatic hydroxyl groups is 1. The van der Waals surface area contributed by atoms with Gasteiger partial charge in [-0.1, -0.05) is 26.7 Å². The number of carbonyl (C=O) groups is 1. The van der Waals surface area contributed by atoms with Crippen LogP contribution < -0.4 is 5.73 Å². The van der Waals surface area contributed by atoms with E-state index in [0.717, 1.165) is 51.5 Å². The summed E-state index contributed by atoms with van der Waals surface area (Å²) in [5.74, 6) is 0.197. The predicted octanol–water partition coefficient (Wildman–Crippen LogP) is 2.15.